The van der Waals surface area contributed by atoms with Crippen molar-refractivity contribution in [2.45, 2.75) is 90.4 Å². The molecule has 0 unspecified atom stereocenters. The fraction of sp³-hybridized carbons (Fsp3) is 0.724. The van der Waals surface area contributed by atoms with Crippen LogP contribution in [0.2, 0.25) is 0 Å². The summed E-state index contributed by atoms with van der Waals surface area (Å²) in [5.74, 6) is 3.33. The van der Waals surface area contributed by atoms with E-state index in [0.29, 0.717) is 16.9 Å². The molecule has 3 fully saturated rings. The van der Waals surface area contributed by atoms with E-state index in [1.165, 1.54) is 50.5 Å². The van der Waals surface area contributed by atoms with Gasteiger partial charge in [0, 0.05) is 0 Å². The van der Waals surface area contributed by atoms with E-state index in [0.717, 1.165) is 36.7 Å². The van der Waals surface area contributed by atoms with Crippen LogP contribution >= 0.6 is 11.8 Å². The largest absolute Gasteiger partial charge is 0.373 e. The van der Waals surface area contributed by atoms with Gasteiger partial charge in [0.1, 0.15) is 0 Å². The lowest BCUT2D eigenvalue weighted by atomic mass is 9.47. The third kappa shape index (κ3) is 3.71. The van der Waals surface area contributed by atoms with E-state index in [1.54, 1.807) is 5.57 Å². The molecule has 0 radical (unpaired) electrons. The number of hydrogen-bond acceptors (Lipinski definition) is 3. The van der Waals surface area contributed by atoms with Gasteiger partial charge in [-0.2, -0.15) is 0 Å². The molecule has 0 spiro atoms. The third-order valence-corrected chi connectivity index (χ3v) is 10.8. The van der Waals surface area contributed by atoms with Crippen LogP contribution in [0.25, 0.3) is 0 Å². The minimum absolute atomic E-state index is 0.0550. The minimum atomic E-state index is 0.0550. The normalized spacial score (nSPS) is 43.2. The Morgan fingerprint density at radius 2 is 1.75 bits per heavy atom. The van der Waals surface area contributed by atoms with Crippen molar-refractivity contribution < 1.29 is 9.47 Å². The first-order chi connectivity index (χ1) is 15.4. The molecule has 3 saturated carbocycles. The molecule has 0 bridgehead atoms. The van der Waals surface area contributed by atoms with E-state index in [-0.39, 0.29) is 5.60 Å². The van der Waals surface area contributed by atoms with Gasteiger partial charge in [0.05, 0.1) is 24.3 Å². The highest BCUT2D eigenvalue weighted by molar-refractivity contribution is 7.98. The van der Waals surface area contributed by atoms with Crippen LogP contribution in [0.4, 0.5) is 0 Å². The highest BCUT2D eigenvalue weighted by atomic mass is 32.2. The van der Waals surface area contributed by atoms with Crippen molar-refractivity contribution in [1.29, 1.82) is 0 Å². The van der Waals surface area contributed by atoms with Crippen molar-refractivity contribution in [3.8, 4) is 0 Å². The first kappa shape index (κ1) is 23.0. The van der Waals surface area contributed by atoms with Crippen molar-refractivity contribution in [2.75, 3.05) is 12.2 Å². The average molecular weight is 455 g/mol. The lowest BCUT2D eigenvalue weighted by molar-refractivity contribution is -0.137. The highest BCUT2D eigenvalue weighted by Gasteiger charge is 2.63. The summed E-state index contributed by atoms with van der Waals surface area (Å²) in [5, 5.41) is 0. The van der Waals surface area contributed by atoms with Crippen LogP contribution in [0.5, 0.6) is 0 Å². The highest BCUT2D eigenvalue weighted by Crippen LogP contribution is 2.67. The number of allylic oxidation sites excluding steroid dienone is 1. The molecular formula is C29H42O2S. The fourth-order valence-corrected chi connectivity index (χ4v) is 8.59. The van der Waals surface area contributed by atoms with Crippen LogP contribution in [0, 0.1) is 28.6 Å². The molecule has 0 N–H and O–H groups in total. The molecule has 0 heterocycles. The molecule has 3 heteroatoms. The van der Waals surface area contributed by atoms with E-state index in [2.05, 4.69) is 63.4 Å². The summed E-state index contributed by atoms with van der Waals surface area (Å²) in [6.45, 7) is 8.34. The number of ether oxygens (including phenoxy) is 2. The monoisotopic (exact) mass is 454 g/mol. The second kappa shape index (κ2) is 8.78. The van der Waals surface area contributed by atoms with E-state index >= 15 is 0 Å². The quantitative estimate of drug-likeness (QED) is 0.325. The second-order valence-corrected chi connectivity index (χ2v) is 12.5. The fourth-order valence-electron chi connectivity index (χ4n) is 8.21. The van der Waals surface area contributed by atoms with Crippen molar-refractivity contribution >= 4 is 11.8 Å². The summed E-state index contributed by atoms with van der Waals surface area (Å²) in [6.07, 6.45) is 15.4. The van der Waals surface area contributed by atoms with Gasteiger partial charge < -0.3 is 9.47 Å². The molecule has 4 aliphatic rings. The van der Waals surface area contributed by atoms with Gasteiger partial charge in [-0.15, -0.1) is 11.8 Å². The van der Waals surface area contributed by atoms with Crippen molar-refractivity contribution in [3.63, 3.8) is 0 Å². The number of thioether (sulfide) groups is 1. The topological polar surface area (TPSA) is 18.5 Å². The Labute approximate surface area is 199 Å². The number of rotatable bonds is 6. The second-order valence-electron chi connectivity index (χ2n) is 11.7. The molecule has 0 saturated heterocycles. The Kier molecular flexibility index (Phi) is 6.31. The van der Waals surface area contributed by atoms with E-state index < -0.39 is 0 Å². The molecule has 1 aromatic rings. The molecular weight excluding hydrogens is 412 g/mol. The van der Waals surface area contributed by atoms with Gasteiger partial charge in [0.25, 0.3) is 0 Å². The lowest BCUT2D eigenvalue weighted by Gasteiger charge is -2.59. The molecule has 1 aromatic carbocycles. The van der Waals surface area contributed by atoms with E-state index in [1.807, 2.05) is 11.8 Å². The SMILES string of the molecule is CSCO[C@@]1(C)CC[C@H]2[C@@H]3CC=C4C[C@@H](OCc5ccccc5)CC[C@]4(C)[C@H]3CC[C@@]21C. The van der Waals surface area contributed by atoms with Crippen molar-refractivity contribution in [1.82, 2.24) is 0 Å². The summed E-state index contributed by atoms with van der Waals surface area (Å²) in [5.41, 5.74) is 3.78. The Morgan fingerprint density at radius 3 is 2.53 bits per heavy atom. The molecule has 5 rings (SSSR count). The molecule has 0 aliphatic heterocycles. The summed E-state index contributed by atoms with van der Waals surface area (Å²) >= 11 is 1.82. The van der Waals surface area contributed by atoms with Gasteiger partial charge in [-0.3, -0.25) is 0 Å². The first-order valence-electron chi connectivity index (χ1n) is 12.9. The van der Waals surface area contributed by atoms with E-state index in [9.17, 15) is 0 Å². The van der Waals surface area contributed by atoms with Crippen LogP contribution in [0.1, 0.15) is 77.7 Å². The van der Waals surface area contributed by atoms with Gasteiger partial charge in [-0.05, 0) is 98.7 Å². The Bertz CT molecular complexity index is 837. The standard InChI is InChI=1S/C29H42O2S/c1-27-15-12-23(30-19-21-8-6-5-7-9-21)18-22(27)10-11-24-25(27)13-16-28(2)26(24)14-17-29(28,3)31-20-32-4/h5-10,23-26H,11-20H2,1-4H3/t23-,24+,25-,26-,27-,28-,29-/m0/s1. The van der Waals surface area contributed by atoms with Crippen LogP contribution in [-0.2, 0) is 16.1 Å². The minimum Gasteiger partial charge on any atom is -0.373 e. The Balaban J connectivity index is 1.29. The number of benzene rings is 1. The van der Waals surface area contributed by atoms with Crippen LogP contribution in [0.15, 0.2) is 42.0 Å². The van der Waals surface area contributed by atoms with Gasteiger partial charge in [0.2, 0.25) is 0 Å². The maximum atomic E-state index is 6.53. The van der Waals surface area contributed by atoms with Gasteiger partial charge in [0.15, 0.2) is 0 Å². The molecule has 32 heavy (non-hydrogen) atoms. The van der Waals surface area contributed by atoms with E-state index in [4.69, 9.17) is 9.47 Å². The smallest absolute Gasteiger partial charge is 0.0925 e. The summed E-state index contributed by atoms with van der Waals surface area (Å²) in [7, 11) is 0. The van der Waals surface area contributed by atoms with Gasteiger partial charge >= 0.3 is 0 Å². The van der Waals surface area contributed by atoms with Gasteiger partial charge in [-0.25, -0.2) is 0 Å². The zero-order chi connectivity index (χ0) is 22.4. The maximum absolute atomic E-state index is 6.53. The molecule has 4 aliphatic carbocycles. The summed E-state index contributed by atoms with van der Waals surface area (Å²) in [4.78, 5) is 0. The number of hydrogen-bond donors (Lipinski definition) is 0. The Hall–Kier alpha value is -0.770. The maximum Gasteiger partial charge on any atom is 0.0925 e. The molecule has 7 atom stereocenters. The number of fused-ring (bicyclic) bond motifs is 5. The summed E-state index contributed by atoms with van der Waals surface area (Å²) in [6, 6.07) is 10.6. The Morgan fingerprint density at radius 1 is 0.969 bits per heavy atom. The predicted octanol–water partition coefficient (Wildman–Crippen LogP) is 7.63. The van der Waals surface area contributed by atoms with Crippen LogP contribution < -0.4 is 0 Å². The van der Waals surface area contributed by atoms with Gasteiger partial charge in [-0.1, -0.05) is 55.8 Å². The predicted molar refractivity (Wildman–Crippen MR) is 135 cm³/mol. The van der Waals surface area contributed by atoms with Crippen molar-refractivity contribution in [3.05, 3.63) is 47.5 Å². The average Bonchev–Trinajstić information content (AvgIpc) is 3.08. The lowest BCUT2D eigenvalue weighted by Crippen LogP contribution is -2.54. The molecule has 0 amide bonds. The first-order valence-corrected chi connectivity index (χ1v) is 14.3. The van der Waals surface area contributed by atoms with Crippen LogP contribution in [0.3, 0.4) is 0 Å². The zero-order valence-electron chi connectivity index (χ0n) is 20.6. The summed E-state index contributed by atoms with van der Waals surface area (Å²) < 4.78 is 12.9. The molecule has 176 valence electrons. The van der Waals surface area contributed by atoms with Crippen molar-refractivity contribution in [2.24, 2.45) is 28.6 Å². The van der Waals surface area contributed by atoms with Crippen LogP contribution in [-0.4, -0.2) is 23.9 Å². The zero-order valence-corrected chi connectivity index (χ0v) is 21.4. The molecule has 2 nitrogen and oxygen atoms in total. The third-order valence-electron chi connectivity index (χ3n) is 10.4. The molecule has 0 aromatic heterocycles.